The van der Waals surface area contributed by atoms with E-state index in [4.69, 9.17) is 15.2 Å². The summed E-state index contributed by atoms with van der Waals surface area (Å²) >= 11 is 0. The number of aromatic nitrogens is 2. The summed E-state index contributed by atoms with van der Waals surface area (Å²) in [5.74, 6) is -1.04. The fourth-order valence-corrected chi connectivity index (χ4v) is 6.00. The fourth-order valence-electron chi connectivity index (χ4n) is 4.58. The van der Waals surface area contributed by atoms with E-state index >= 15 is 0 Å². The number of nitro groups is 1. The van der Waals surface area contributed by atoms with Crippen LogP contribution >= 0.6 is 0 Å². The van der Waals surface area contributed by atoms with Crippen LogP contribution in [0, 0.1) is 10.1 Å². The number of morpholine rings is 1. The predicted octanol–water partition coefficient (Wildman–Crippen LogP) is 3.33. The maximum Gasteiger partial charge on any atom is 0.293 e. The number of amides is 1. The quantitative estimate of drug-likeness (QED) is 0.135. The molecule has 1 aliphatic rings. The number of hydrogen-bond acceptors (Lipinski definition) is 10. The van der Waals surface area contributed by atoms with Crippen molar-refractivity contribution in [1.82, 2.24) is 14.9 Å². The fraction of sp³-hybridized carbons (Fsp3) is 0.259. The normalized spacial score (nSPS) is 14.1. The van der Waals surface area contributed by atoms with Crippen molar-refractivity contribution in [1.29, 1.82) is 0 Å². The van der Waals surface area contributed by atoms with Crippen LogP contribution in [0.25, 0.3) is 11.0 Å². The second-order valence-electron chi connectivity index (χ2n) is 9.36. The van der Waals surface area contributed by atoms with Gasteiger partial charge in [0.1, 0.15) is 22.0 Å². The van der Waals surface area contributed by atoms with Crippen LogP contribution < -0.4 is 15.8 Å². The van der Waals surface area contributed by atoms with Gasteiger partial charge in [-0.05, 0) is 49.4 Å². The van der Waals surface area contributed by atoms with E-state index in [-0.39, 0.29) is 32.5 Å². The number of carbonyl (C=O) groups is 1. The predicted molar refractivity (Wildman–Crippen MR) is 150 cm³/mol. The van der Waals surface area contributed by atoms with E-state index in [1.54, 1.807) is 18.3 Å². The van der Waals surface area contributed by atoms with Gasteiger partial charge in [-0.25, -0.2) is 13.4 Å². The van der Waals surface area contributed by atoms with Crippen molar-refractivity contribution >= 4 is 38.2 Å². The number of para-hydroxylation sites is 1. The molecule has 2 aromatic carbocycles. The van der Waals surface area contributed by atoms with Gasteiger partial charge in [0.2, 0.25) is 9.84 Å². The monoisotopic (exact) mass is 580 g/mol. The van der Waals surface area contributed by atoms with Crippen molar-refractivity contribution < 1.29 is 27.6 Å². The van der Waals surface area contributed by atoms with E-state index in [1.807, 2.05) is 0 Å². The molecule has 0 aliphatic carbocycles. The van der Waals surface area contributed by atoms with Crippen LogP contribution in [0.15, 0.2) is 70.7 Å². The number of anilines is 1. The van der Waals surface area contributed by atoms with E-state index in [2.05, 4.69) is 20.2 Å². The molecule has 4 aromatic rings. The lowest BCUT2D eigenvalue weighted by molar-refractivity contribution is -0.384. The van der Waals surface area contributed by atoms with E-state index in [0.717, 1.165) is 32.1 Å². The van der Waals surface area contributed by atoms with Gasteiger partial charge >= 0.3 is 0 Å². The van der Waals surface area contributed by atoms with E-state index in [9.17, 15) is 23.3 Å². The van der Waals surface area contributed by atoms with Gasteiger partial charge in [-0.3, -0.25) is 19.8 Å². The Kier molecular flexibility index (Phi) is 8.14. The van der Waals surface area contributed by atoms with Crippen molar-refractivity contribution in [3.05, 3.63) is 76.6 Å². The number of benzene rings is 2. The van der Waals surface area contributed by atoms with Crippen LogP contribution in [0.2, 0.25) is 0 Å². The number of fused-ring (bicyclic) bond motifs is 1. The zero-order chi connectivity index (χ0) is 29.0. The van der Waals surface area contributed by atoms with Gasteiger partial charge in [0, 0.05) is 37.3 Å². The first-order valence-electron chi connectivity index (χ1n) is 12.9. The third-order valence-electron chi connectivity index (χ3n) is 6.68. The second kappa shape index (κ2) is 11.9. The van der Waals surface area contributed by atoms with Gasteiger partial charge in [-0.15, -0.1) is 0 Å². The molecule has 0 radical (unpaired) electrons. The smallest absolute Gasteiger partial charge is 0.293 e. The number of hydrogen-bond donors (Lipinski definition) is 3. The lowest BCUT2D eigenvalue weighted by atomic mass is 10.2. The number of rotatable bonds is 11. The summed E-state index contributed by atoms with van der Waals surface area (Å²) in [5.41, 5.74) is 5.76. The largest absolute Gasteiger partial charge is 0.453 e. The van der Waals surface area contributed by atoms with Crippen molar-refractivity contribution in [3.63, 3.8) is 0 Å². The molecule has 1 saturated heterocycles. The van der Waals surface area contributed by atoms with Crippen LogP contribution in [0.4, 0.5) is 11.4 Å². The Balaban J connectivity index is 1.43. The third-order valence-corrected chi connectivity index (χ3v) is 8.45. The number of primary amides is 1. The van der Waals surface area contributed by atoms with Gasteiger partial charge in [0.05, 0.1) is 34.8 Å². The molecular weight excluding hydrogens is 552 g/mol. The number of nitro benzene ring substituents is 1. The minimum Gasteiger partial charge on any atom is -0.453 e. The first-order chi connectivity index (χ1) is 19.7. The molecule has 1 aliphatic heterocycles. The molecule has 4 N–H and O–H groups in total. The topological polar surface area (TPSA) is 183 Å². The Morgan fingerprint density at radius 2 is 2.00 bits per heavy atom. The first-order valence-corrected chi connectivity index (χ1v) is 14.3. The molecule has 1 amide bonds. The van der Waals surface area contributed by atoms with Crippen LogP contribution in [0.1, 0.15) is 16.8 Å². The van der Waals surface area contributed by atoms with E-state index in [0.29, 0.717) is 30.8 Å². The van der Waals surface area contributed by atoms with Gasteiger partial charge in [-0.2, -0.15) is 0 Å². The molecule has 214 valence electrons. The number of pyridine rings is 1. The summed E-state index contributed by atoms with van der Waals surface area (Å²) in [7, 11) is -4.40. The average molecular weight is 581 g/mol. The highest BCUT2D eigenvalue weighted by molar-refractivity contribution is 7.91. The highest BCUT2D eigenvalue weighted by Gasteiger charge is 2.29. The number of ether oxygens (including phenoxy) is 2. The number of carbonyl (C=O) groups excluding carboxylic acids is 1. The Bertz CT molecular complexity index is 1700. The molecule has 0 atom stereocenters. The summed E-state index contributed by atoms with van der Waals surface area (Å²) in [5, 5.41) is 15.7. The van der Waals surface area contributed by atoms with E-state index < -0.39 is 26.4 Å². The molecule has 14 heteroatoms. The minimum atomic E-state index is -4.40. The maximum atomic E-state index is 13.8. The molecule has 2 aromatic heterocycles. The maximum absolute atomic E-state index is 13.8. The molecule has 0 saturated carbocycles. The van der Waals surface area contributed by atoms with Crippen LogP contribution in [0.5, 0.6) is 11.5 Å². The summed E-state index contributed by atoms with van der Waals surface area (Å²) in [6.45, 7) is 4.32. The van der Waals surface area contributed by atoms with Crippen LogP contribution in [-0.2, 0) is 14.6 Å². The SMILES string of the molecule is NC(=O)c1cccc(S(=O)(=O)c2ccc(NCCCN3CCOCC3)c([N+](=O)[O-])c2)c1Oc1cnc2[nH]ccc2c1. The Morgan fingerprint density at radius 1 is 1.20 bits per heavy atom. The lowest BCUT2D eigenvalue weighted by Crippen LogP contribution is -2.37. The summed E-state index contributed by atoms with van der Waals surface area (Å²) in [6.07, 6.45) is 3.79. The van der Waals surface area contributed by atoms with Gasteiger partial charge in [-0.1, -0.05) is 6.07 Å². The Morgan fingerprint density at radius 3 is 2.76 bits per heavy atom. The number of nitrogens with one attached hydrogen (secondary N) is 2. The van der Waals surface area contributed by atoms with Crippen LogP contribution in [0.3, 0.4) is 0 Å². The van der Waals surface area contributed by atoms with Gasteiger partial charge < -0.3 is 25.5 Å². The van der Waals surface area contributed by atoms with Crippen molar-refractivity contribution in [2.75, 3.05) is 44.7 Å². The van der Waals surface area contributed by atoms with Crippen molar-refractivity contribution in [3.8, 4) is 11.5 Å². The summed E-state index contributed by atoms with van der Waals surface area (Å²) < 4.78 is 38.8. The van der Waals surface area contributed by atoms with E-state index in [1.165, 1.54) is 36.5 Å². The molecule has 5 rings (SSSR count). The van der Waals surface area contributed by atoms with Gasteiger partial charge in [0.15, 0.2) is 5.75 Å². The number of H-pyrrole nitrogens is 1. The Labute approximate surface area is 235 Å². The first kappa shape index (κ1) is 28.0. The number of aromatic amines is 1. The molecule has 0 spiro atoms. The second-order valence-corrected chi connectivity index (χ2v) is 11.3. The molecule has 3 heterocycles. The molecule has 41 heavy (non-hydrogen) atoms. The molecule has 13 nitrogen and oxygen atoms in total. The van der Waals surface area contributed by atoms with Crippen LogP contribution in [-0.4, -0.2) is 73.5 Å². The molecule has 0 unspecified atom stereocenters. The highest BCUT2D eigenvalue weighted by atomic mass is 32.2. The zero-order valence-electron chi connectivity index (χ0n) is 21.9. The standard InChI is InChI=1S/C27H28N6O7S/c28-26(34)21-3-1-4-24(25(21)40-19-15-18-7-9-30-27(18)31-17-19)41(37,38)20-5-6-22(23(16-20)33(35)36)29-8-2-10-32-11-13-39-14-12-32/h1,3-7,9,15-17,29H,2,8,10-14H2,(H2,28,34)(H,30,31). The minimum absolute atomic E-state index is 0.171. The number of nitrogens with two attached hydrogens (primary N) is 1. The molecular formula is C27H28N6O7S. The number of nitrogens with zero attached hydrogens (tertiary/aromatic N) is 3. The highest BCUT2D eigenvalue weighted by Crippen LogP contribution is 2.38. The summed E-state index contributed by atoms with van der Waals surface area (Å²) in [6, 6.07) is 11.0. The lowest BCUT2D eigenvalue weighted by Gasteiger charge is -2.26. The van der Waals surface area contributed by atoms with Crippen molar-refractivity contribution in [2.45, 2.75) is 16.2 Å². The average Bonchev–Trinajstić information content (AvgIpc) is 3.44. The summed E-state index contributed by atoms with van der Waals surface area (Å²) in [4.78, 5) is 32.2. The van der Waals surface area contributed by atoms with Crippen molar-refractivity contribution in [2.24, 2.45) is 5.73 Å². The molecule has 1 fully saturated rings. The molecule has 0 bridgehead atoms. The Hall–Kier alpha value is -4.53. The van der Waals surface area contributed by atoms with Gasteiger partial charge in [0.25, 0.3) is 11.6 Å². The zero-order valence-corrected chi connectivity index (χ0v) is 22.7. The number of sulfone groups is 1. The third kappa shape index (κ3) is 6.14.